The molecule has 0 fully saturated rings. The Labute approximate surface area is 58.8 Å². The van der Waals surface area contributed by atoms with E-state index in [1.807, 2.05) is 0 Å². The highest BCUT2D eigenvalue weighted by Crippen LogP contribution is 2.17. The average Bonchev–Trinajstić information content (AvgIpc) is 1.81. The zero-order valence-electron chi connectivity index (χ0n) is 5.09. The molecule has 0 aliphatic carbocycles. The second kappa shape index (κ2) is 7.66. The van der Waals surface area contributed by atoms with Gasteiger partial charge in [-0.2, -0.15) is 0 Å². The Morgan fingerprint density at radius 2 is 2.12 bits per heavy atom. The lowest BCUT2D eigenvalue weighted by Crippen LogP contribution is -1.74. The van der Waals surface area contributed by atoms with Gasteiger partial charge < -0.3 is 4.55 Å². The fourth-order valence-corrected chi connectivity index (χ4v) is 1.42. The minimum atomic E-state index is 0.869. The van der Waals surface area contributed by atoms with Gasteiger partial charge in [-0.1, -0.05) is 30.6 Å². The first kappa shape index (κ1) is 8.66. The fourth-order valence-electron chi connectivity index (χ4n) is 0.448. The Morgan fingerprint density at radius 3 is 2.62 bits per heavy atom. The minimum absolute atomic E-state index is 0.869. The molecule has 8 heavy (non-hydrogen) atoms. The standard InChI is InChI=1S/C5H12OS2/c1-2-3-4-5-7-8-6/h6H,2-5H2,1H3. The lowest BCUT2D eigenvalue weighted by Gasteiger charge is -1.92. The molecule has 0 rings (SSSR count). The van der Waals surface area contributed by atoms with Crippen molar-refractivity contribution in [2.24, 2.45) is 0 Å². The number of hydrogen-bond donors (Lipinski definition) is 1. The summed E-state index contributed by atoms with van der Waals surface area (Å²) in [4.78, 5) is 0. The predicted octanol–water partition coefficient (Wildman–Crippen LogP) is 3.03. The Bertz CT molecular complexity index is 35.4. The molecule has 0 spiro atoms. The molecule has 0 aliphatic rings. The molecule has 0 bridgehead atoms. The van der Waals surface area contributed by atoms with Crippen LogP contribution in [0.1, 0.15) is 26.2 Å². The Hall–Kier alpha value is 0.660. The maximum absolute atomic E-state index is 8.25. The zero-order valence-corrected chi connectivity index (χ0v) is 6.73. The van der Waals surface area contributed by atoms with Crippen molar-refractivity contribution in [1.82, 2.24) is 0 Å². The van der Waals surface area contributed by atoms with Gasteiger partial charge in [-0.25, -0.2) is 0 Å². The van der Waals surface area contributed by atoms with E-state index < -0.39 is 0 Å². The summed E-state index contributed by atoms with van der Waals surface area (Å²) in [6.45, 7) is 2.18. The van der Waals surface area contributed by atoms with Crippen LogP contribution in [0.3, 0.4) is 0 Å². The molecule has 0 saturated heterocycles. The lowest BCUT2D eigenvalue weighted by molar-refractivity contribution is 0.676. The molecule has 50 valence electrons. The van der Waals surface area contributed by atoms with E-state index in [1.165, 1.54) is 30.1 Å². The highest BCUT2D eigenvalue weighted by atomic mass is 33.1. The van der Waals surface area contributed by atoms with Gasteiger partial charge in [-0.05, 0) is 6.42 Å². The van der Waals surface area contributed by atoms with Crippen LogP contribution in [-0.2, 0) is 0 Å². The molecule has 0 aliphatic heterocycles. The quantitative estimate of drug-likeness (QED) is 0.371. The molecule has 0 unspecified atom stereocenters. The van der Waals surface area contributed by atoms with Crippen molar-refractivity contribution in [2.75, 3.05) is 5.75 Å². The summed E-state index contributed by atoms with van der Waals surface area (Å²) in [6.07, 6.45) is 3.78. The monoisotopic (exact) mass is 152 g/mol. The molecule has 0 saturated carbocycles. The van der Waals surface area contributed by atoms with Gasteiger partial charge in [-0.15, -0.1) is 0 Å². The molecule has 0 atom stereocenters. The van der Waals surface area contributed by atoms with E-state index in [1.54, 1.807) is 0 Å². The van der Waals surface area contributed by atoms with Crippen LogP contribution in [-0.4, -0.2) is 10.3 Å². The van der Waals surface area contributed by atoms with Crippen LogP contribution in [0.2, 0.25) is 0 Å². The summed E-state index contributed by atoms with van der Waals surface area (Å²) in [5.74, 6) is 1.08. The molecule has 0 radical (unpaired) electrons. The van der Waals surface area contributed by atoms with Gasteiger partial charge in [0.15, 0.2) is 0 Å². The van der Waals surface area contributed by atoms with Crippen molar-refractivity contribution in [2.45, 2.75) is 26.2 Å². The van der Waals surface area contributed by atoms with E-state index in [9.17, 15) is 0 Å². The Balaban J connectivity index is 2.53. The summed E-state index contributed by atoms with van der Waals surface area (Å²) in [7, 11) is 1.52. The van der Waals surface area contributed by atoms with Crippen LogP contribution in [0.4, 0.5) is 0 Å². The molecular weight excluding hydrogens is 140 g/mol. The maximum atomic E-state index is 8.25. The Kier molecular flexibility index (Phi) is 8.29. The minimum Gasteiger partial charge on any atom is -0.321 e. The molecule has 0 amide bonds. The molecule has 0 aromatic carbocycles. The largest absolute Gasteiger partial charge is 0.321 e. The first-order valence-corrected chi connectivity index (χ1v) is 5.12. The van der Waals surface area contributed by atoms with Crippen LogP contribution in [0.15, 0.2) is 0 Å². The first-order valence-electron chi connectivity index (χ1n) is 2.85. The van der Waals surface area contributed by atoms with Gasteiger partial charge in [-0.3, -0.25) is 0 Å². The summed E-state index contributed by atoms with van der Waals surface area (Å²) in [5, 5.41) is 0. The third kappa shape index (κ3) is 6.66. The average molecular weight is 152 g/mol. The first-order chi connectivity index (χ1) is 3.91. The van der Waals surface area contributed by atoms with Gasteiger partial charge in [0, 0.05) is 5.75 Å². The molecule has 0 heterocycles. The van der Waals surface area contributed by atoms with Crippen LogP contribution in [0.25, 0.3) is 0 Å². The summed E-state index contributed by atoms with van der Waals surface area (Å²) >= 11 is 0.869. The van der Waals surface area contributed by atoms with Crippen LogP contribution < -0.4 is 0 Å². The normalized spacial score (nSPS) is 9.75. The number of rotatable bonds is 5. The van der Waals surface area contributed by atoms with E-state index in [4.69, 9.17) is 4.55 Å². The van der Waals surface area contributed by atoms with E-state index in [-0.39, 0.29) is 0 Å². The van der Waals surface area contributed by atoms with E-state index in [0.29, 0.717) is 0 Å². The summed E-state index contributed by atoms with van der Waals surface area (Å²) < 4.78 is 8.25. The van der Waals surface area contributed by atoms with E-state index in [0.717, 1.165) is 16.8 Å². The Morgan fingerprint density at radius 1 is 1.38 bits per heavy atom. The van der Waals surface area contributed by atoms with Gasteiger partial charge in [0.05, 0.1) is 11.1 Å². The molecular formula is C5H12OS2. The second-order valence-corrected chi connectivity index (χ2v) is 3.55. The predicted molar refractivity (Wildman–Crippen MR) is 42.2 cm³/mol. The third-order valence-electron chi connectivity index (χ3n) is 0.884. The fraction of sp³-hybridized carbons (Fsp3) is 1.00. The highest BCUT2D eigenvalue weighted by molar-refractivity contribution is 8.74. The van der Waals surface area contributed by atoms with Crippen LogP contribution in [0, 0.1) is 0 Å². The zero-order chi connectivity index (χ0) is 6.24. The summed E-state index contributed by atoms with van der Waals surface area (Å²) in [6, 6.07) is 0. The lowest BCUT2D eigenvalue weighted by atomic mass is 10.3. The molecule has 1 N–H and O–H groups in total. The van der Waals surface area contributed by atoms with Crippen molar-refractivity contribution < 1.29 is 4.55 Å². The summed E-state index contributed by atoms with van der Waals surface area (Å²) in [5.41, 5.74) is 0. The van der Waals surface area contributed by atoms with Gasteiger partial charge in [0.25, 0.3) is 0 Å². The number of unbranched alkanes of at least 4 members (excludes halogenated alkanes) is 2. The number of hydrogen-bond acceptors (Lipinski definition) is 3. The van der Waals surface area contributed by atoms with Crippen LogP contribution in [0.5, 0.6) is 0 Å². The van der Waals surface area contributed by atoms with Gasteiger partial charge >= 0.3 is 0 Å². The highest BCUT2D eigenvalue weighted by Gasteiger charge is 1.85. The molecule has 0 aromatic heterocycles. The molecule has 3 heteroatoms. The smallest absolute Gasteiger partial charge is 0.0593 e. The van der Waals surface area contributed by atoms with Crippen molar-refractivity contribution in [3.05, 3.63) is 0 Å². The molecule has 0 aromatic rings. The van der Waals surface area contributed by atoms with Crippen molar-refractivity contribution >= 4 is 21.9 Å². The van der Waals surface area contributed by atoms with Crippen LogP contribution >= 0.6 is 21.9 Å². The third-order valence-corrected chi connectivity index (χ3v) is 2.26. The van der Waals surface area contributed by atoms with Gasteiger partial charge in [0.2, 0.25) is 0 Å². The molecule has 1 nitrogen and oxygen atoms in total. The van der Waals surface area contributed by atoms with E-state index in [2.05, 4.69) is 6.92 Å². The second-order valence-electron chi connectivity index (χ2n) is 1.60. The van der Waals surface area contributed by atoms with Crippen molar-refractivity contribution in [3.63, 3.8) is 0 Å². The van der Waals surface area contributed by atoms with Crippen molar-refractivity contribution in [3.8, 4) is 0 Å². The van der Waals surface area contributed by atoms with Crippen molar-refractivity contribution in [1.29, 1.82) is 0 Å². The topological polar surface area (TPSA) is 20.2 Å². The van der Waals surface area contributed by atoms with E-state index >= 15 is 0 Å². The SMILES string of the molecule is CCCCCSSO. The maximum Gasteiger partial charge on any atom is 0.0593 e. The van der Waals surface area contributed by atoms with Gasteiger partial charge in [0.1, 0.15) is 0 Å².